The summed E-state index contributed by atoms with van der Waals surface area (Å²) in [5.41, 5.74) is 1.89. The molecular formula is C16H18O3S. The van der Waals surface area contributed by atoms with Crippen molar-refractivity contribution in [2.45, 2.75) is 31.6 Å². The SMILES string of the molecule is CCc1cccc(S(=O)(=O)Oc2ccccc2)c1CC. The maximum absolute atomic E-state index is 12.4. The van der Waals surface area contributed by atoms with Gasteiger partial charge in [0.25, 0.3) is 0 Å². The van der Waals surface area contributed by atoms with Crippen molar-refractivity contribution in [1.82, 2.24) is 0 Å². The maximum atomic E-state index is 12.4. The molecule has 0 amide bonds. The Labute approximate surface area is 120 Å². The van der Waals surface area contributed by atoms with E-state index in [9.17, 15) is 8.42 Å². The molecule has 0 fully saturated rings. The molecule has 0 bridgehead atoms. The van der Waals surface area contributed by atoms with Crippen LogP contribution in [0.5, 0.6) is 5.75 Å². The van der Waals surface area contributed by atoms with Gasteiger partial charge in [0.05, 0.1) is 0 Å². The molecule has 0 N–H and O–H groups in total. The smallest absolute Gasteiger partial charge is 0.339 e. The summed E-state index contributed by atoms with van der Waals surface area (Å²) in [5, 5.41) is 0. The Balaban J connectivity index is 2.44. The van der Waals surface area contributed by atoms with Crippen LogP contribution in [-0.2, 0) is 23.0 Å². The minimum Gasteiger partial charge on any atom is -0.379 e. The summed E-state index contributed by atoms with van der Waals surface area (Å²) in [6.45, 7) is 3.97. The number of rotatable bonds is 5. The lowest BCUT2D eigenvalue weighted by molar-refractivity contribution is 0.485. The molecule has 0 atom stereocenters. The lowest BCUT2D eigenvalue weighted by Crippen LogP contribution is -2.13. The fourth-order valence-electron chi connectivity index (χ4n) is 2.23. The van der Waals surface area contributed by atoms with Gasteiger partial charge in [-0.2, -0.15) is 8.42 Å². The Bertz CT molecular complexity index is 676. The molecule has 2 rings (SSSR count). The first-order chi connectivity index (χ1) is 9.58. The van der Waals surface area contributed by atoms with E-state index in [2.05, 4.69) is 0 Å². The van der Waals surface area contributed by atoms with Gasteiger partial charge in [-0.1, -0.05) is 44.2 Å². The molecule has 2 aromatic carbocycles. The van der Waals surface area contributed by atoms with Gasteiger partial charge in [0.1, 0.15) is 10.6 Å². The molecule has 0 aliphatic heterocycles. The lowest BCUT2D eigenvalue weighted by atomic mass is 10.0. The first kappa shape index (κ1) is 14.6. The largest absolute Gasteiger partial charge is 0.379 e. The van der Waals surface area contributed by atoms with Crippen molar-refractivity contribution in [3.63, 3.8) is 0 Å². The van der Waals surface area contributed by atoms with E-state index in [0.29, 0.717) is 12.2 Å². The zero-order chi connectivity index (χ0) is 14.6. The number of aryl methyl sites for hydroxylation is 1. The first-order valence-electron chi connectivity index (χ1n) is 6.68. The van der Waals surface area contributed by atoms with Crippen LogP contribution >= 0.6 is 0 Å². The zero-order valence-corrected chi connectivity index (χ0v) is 12.5. The molecule has 0 saturated carbocycles. The summed E-state index contributed by atoms with van der Waals surface area (Å²) in [4.78, 5) is 0.267. The average Bonchev–Trinajstić information content (AvgIpc) is 2.46. The van der Waals surface area contributed by atoms with Crippen LogP contribution in [-0.4, -0.2) is 8.42 Å². The average molecular weight is 290 g/mol. The van der Waals surface area contributed by atoms with Crippen molar-refractivity contribution < 1.29 is 12.6 Å². The van der Waals surface area contributed by atoms with Crippen LogP contribution in [0.1, 0.15) is 25.0 Å². The highest BCUT2D eigenvalue weighted by Crippen LogP contribution is 2.24. The van der Waals surface area contributed by atoms with Gasteiger partial charge in [-0.15, -0.1) is 0 Å². The zero-order valence-electron chi connectivity index (χ0n) is 11.7. The molecule has 2 aromatic rings. The van der Waals surface area contributed by atoms with Crippen LogP contribution in [0.4, 0.5) is 0 Å². The predicted molar refractivity (Wildman–Crippen MR) is 79.5 cm³/mol. The monoisotopic (exact) mass is 290 g/mol. The maximum Gasteiger partial charge on any atom is 0.339 e. The topological polar surface area (TPSA) is 43.4 Å². The molecule has 0 aliphatic carbocycles. The van der Waals surface area contributed by atoms with Gasteiger partial charge in [0.15, 0.2) is 0 Å². The second-order valence-corrected chi connectivity index (χ2v) is 5.97. The number of hydrogen-bond acceptors (Lipinski definition) is 3. The lowest BCUT2D eigenvalue weighted by Gasteiger charge is -2.13. The van der Waals surface area contributed by atoms with E-state index in [4.69, 9.17) is 4.18 Å². The molecule has 0 saturated heterocycles. The van der Waals surface area contributed by atoms with Gasteiger partial charge in [0, 0.05) is 0 Å². The quantitative estimate of drug-likeness (QED) is 0.791. The summed E-state index contributed by atoms with van der Waals surface area (Å²) < 4.78 is 30.1. The van der Waals surface area contributed by atoms with Crippen molar-refractivity contribution >= 4 is 10.1 Å². The Hall–Kier alpha value is -1.81. The standard InChI is InChI=1S/C16H18O3S/c1-3-13-9-8-12-16(15(13)4-2)20(17,18)19-14-10-6-5-7-11-14/h5-12H,3-4H2,1-2H3. The highest BCUT2D eigenvalue weighted by molar-refractivity contribution is 7.87. The summed E-state index contributed by atoms with van der Waals surface area (Å²) in [7, 11) is -3.79. The molecule has 20 heavy (non-hydrogen) atoms. The van der Waals surface area contributed by atoms with E-state index >= 15 is 0 Å². The number of hydrogen-bond donors (Lipinski definition) is 0. The molecular weight excluding hydrogens is 272 g/mol. The van der Waals surface area contributed by atoms with Crippen LogP contribution in [0.2, 0.25) is 0 Å². The molecule has 0 radical (unpaired) electrons. The Morgan fingerprint density at radius 3 is 2.20 bits per heavy atom. The molecule has 0 heterocycles. The summed E-state index contributed by atoms with van der Waals surface area (Å²) >= 11 is 0. The van der Waals surface area contributed by atoms with Crippen molar-refractivity contribution in [2.75, 3.05) is 0 Å². The normalized spacial score (nSPS) is 11.3. The van der Waals surface area contributed by atoms with Gasteiger partial charge < -0.3 is 4.18 Å². The highest BCUT2D eigenvalue weighted by Gasteiger charge is 2.21. The third kappa shape index (κ3) is 3.02. The number of benzene rings is 2. The van der Waals surface area contributed by atoms with Crippen molar-refractivity contribution in [2.24, 2.45) is 0 Å². The van der Waals surface area contributed by atoms with Gasteiger partial charge in [-0.3, -0.25) is 0 Å². The van der Waals surface area contributed by atoms with E-state index in [1.807, 2.05) is 26.0 Å². The molecule has 4 heteroatoms. The minimum absolute atomic E-state index is 0.267. The molecule has 0 spiro atoms. The highest BCUT2D eigenvalue weighted by atomic mass is 32.2. The third-order valence-corrected chi connectivity index (χ3v) is 4.52. The molecule has 0 unspecified atom stereocenters. The predicted octanol–water partition coefficient (Wildman–Crippen LogP) is 3.58. The third-order valence-electron chi connectivity index (χ3n) is 3.18. The molecule has 0 aromatic heterocycles. The molecule has 106 valence electrons. The van der Waals surface area contributed by atoms with Crippen LogP contribution in [0.15, 0.2) is 53.4 Å². The van der Waals surface area contributed by atoms with Gasteiger partial charge in [-0.05, 0) is 42.2 Å². The van der Waals surface area contributed by atoms with Gasteiger partial charge in [0.2, 0.25) is 0 Å². The second kappa shape index (κ2) is 6.09. The summed E-state index contributed by atoms with van der Waals surface area (Å²) in [5.74, 6) is 0.330. The van der Waals surface area contributed by atoms with E-state index in [1.54, 1.807) is 36.4 Å². The Morgan fingerprint density at radius 2 is 1.60 bits per heavy atom. The summed E-state index contributed by atoms with van der Waals surface area (Å²) in [6.07, 6.45) is 1.47. The Kier molecular flexibility index (Phi) is 4.45. The van der Waals surface area contributed by atoms with Gasteiger partial charge in [-0.25, -0.2) is 0 Å². The molecule has 3 nitrogen and oxygen atoms in total. The van der Waals surface area contributed by atoms with E-state index in [-0.39, 0.29) is 4.90 Å². The van der Waals surface area contributed by atoms with Crippen molar-refractivity contribution in [3.8, 4) is 5.75 Å². The fourth-order valence-corrected chi connectivity index (χ4v) is 3.50. The van der Waals surface area contributed by atoms with Gasteiger partial charge >= 0.3 is 10.1 Å². The Morgan fingerprint density at radius 1 is 0.900 bits per heavy atom. The minimum atomic E-state index is -3.79. The van der Waals surface area contributed by atoms with Crippen LogP contribution < -0.4 is 4.18 Å². The first-order valence-corrected chi connectivity index (χ1v) is 8.09. The number of para-hydroxylation sites is 1. The van der Waals surface area contributed by atoms with E-state index in [1.165, 1.54) is 0 Å². The van der Waals surface area contributed by atoms with Crippen LogP contribution in [0.25, 0.3) is 0 Å². The second-order valence-electron chi connectivity index (χ2n) is 4.45. The molecule has 0 aliphatic rings. The van der Waals surface area contributed by atoms with Crippen molar-refractivity contribution in [3.05, 3.63) is 59.7 Å². The summed E-state index contributed by atoms with van der Waals surface area (Å²) in [6, 6.07) is 13.9. The van der Waals surface area contributed by atoms with E-state index < -0.39 is 10.1 Å². The van der Waals surface area contributed by atoms with Crippen LogP contribution in [0.3, 0.4) is 0 Å². The van der Waals surface area contributed by atoms with Crippen LogP contribution in [0, 0.1) is 0 Å². The van der Waals surface area contributed by atoms with E-state index in [0.717, 1.165) is 17.5 Å². The van der Waals surface area contributed by atoms with Crippen molar-refractivity contribution in [1.29, 1.82) is 0 Å². The fraction of sp³-hybridized carbons (Fsp3) is 0.250.